The smallest absolute Gasteiger partial charge is 0.227 e. The van der Waals surface area contributed by atoms with Crippen LogP contribution >= 0.6 is 0 Å². The second-order valence-corrected chi connectivity index (χ2v) is 5.03. The van der Waals surface area contributed by atoms with E-state index in [1.54, 1.807) is 0 Å². The maximum Gasteiger partial charge on any atom is 0.227 e. The van der Waals surface area contributed by atoms with Crippen molar-refractivity contribution in [3.8, 4) is 0 Å². The second kappa shape index (κ2) is 5.14. The first kappa shape index (κ1) is 11.2. The molecule has 2 atom stereocenters. The second-order valence-electron chi connectivity index (χ2n) is 5.03. The van der Waals surface area contributed by atoms with Crippen molar-refractivity contribution >= 4 is 0 Å². The van der Waals surface area contributed by atoms with Gasteiger partial charge in [-0.05, 0) is 25.8 Å². The van der Waals surface area contributed by atoms with Crippen LogP contribution < -0.4 is 5.32 Å². The Morgan fingerprint density at radius 1 is 1.35 bits per heavy atom. The minimum atomic E-state index is 0.665. The highest BCUT2D eigenvalue weighted by Crippen LogP contribution is 2.26. The Hall–Kier alpha value is -0.940. The average Bonchev–Trinajstić information content (AvgIpc) is 2.99. The van der Waals surface area contributed by atoms with Crippen molar-refractivity contribution in [3.63, 3.8) is 0 Å². The lowest BCUT2D eigenvalue weighted by Crippen LogP contribution is -2.45. The largest absolute Gasteiger partial charge is 0.340 e. The number of nitrogens with one attached hydrogen (secondary N) is 1. The molecule has 2 aliphatic rings. The summed E-state index contributed by atoms with van der Waals surface area (Å²) in [4.78, 5) is 6.68. The summed E-state index contributed by atoms with van der Waals surface area (Å²) in [7, 11) is 0. The van der Waals surface area contributed by atoms with Gasteiger partial charge in [0, 0.05) is 31.6 Å². The monoisotopic (exact) mass is 236 g/mol. The van der Waals surface area contributed by atoms with Gasteiger partial charge in [0.25, 0.3) is 0 Å². The Balaban J connectivity index is 1.46. The van der Waals surface area contributed by atoms with Crippen molar-refractivity contribution in [2.75, 3.05) is 19.6 Å². The summed E-state index contributed by atoms with van der Waals surface area (Å²) >= 11 is 0. The molecule has 5 nitrogen and oxygen atoms in total. The first-order valence-electron chi connectivity index (χ1n) is 6.66. The maximum absolute atomic E-state index is 4.99. The molecule has 17 heavy (non-hydrogen) atoms. The first-order chi connectivity index (χ1) is 8.43. The Morgan fingerprint density at radius 3 is 3.24 bits per heavy atom. The molecule has 3 rings (SSSR count). The number of nitrogens with zero attached hydrogens (tertiary/aromatic N) is 3. The van der Waals surface area contributed by atoms with Crippen LogP contribution in [0.15, 0.2) is 10.9 Å². The fraction of sp³-hybridized carbons (Fsp3) is 0.833. The van der Waals surface area contributed by atoms with Crippen molar-refractivity contribution in [1.29, 1.82) is 0 Å². The molecular weight excluding hydrogens is 216 g/mol. The molecule has 2 unspecified atom stereocenters. The van der Waals surface area contributed by atoms with E-state index in [2.05, 4.69) is 20.4 Å². The molecule has 2 saturated heterocycles. The van der Waals surface area contributed by atoms with Crippen LogP contribution in [-0.2, 0) is 6.42 Å². The van der Waals surface area contributed by atoms with Gasteiger partial charge in [-0.15, -0.1) is 0 Å². The van der Waals surface area contributed by atoms with Crippen molar-refractivity contribution in [1.82, 2.24) is 20.4 Å². The van der Waals surface area contributed by atoms with E-state index < -0.39 is 0 Å². The zero-order chi connectivity index (χ0) is 11.5. The van der Waals surface area contributed by atoms with Crippen LogP contribution in [-0.4, -0.2) is 46.8 Å². The van der Waals surface area contributed by atoms with Gasteiger partial charge in [0.1, 0.15) is 0 Å². The van der Waals surface area contributed by atoms with Gasteiger partial charge in [-0.2, -0.15) is 4.98 Å². The Kier molecular flexibility index (Phi) is 3.38. The standard InChI is InChI=1S/C12H20N4O/c1-2-7-16-8-5-10(11(16)3-1)13-6-4-12-14-9-15-17-12/h9-11,13H,1-8H2. The third-order valence-corrected chi connectivity index (χ3v) is 4.01. The van der Waals surface area contributed by atoms with E-state index >= 15 is 0 Å². The van der Waals surface area contributed by atoms with Gasteiger partial charge in [-0.3, -0.25) is 4.90 Å². The molecule has 0 spiro atoms. The third kappa shape index (κ3) is 2.50. The van der Waals surface area contributed by atoms with Crippen LogP contribution in [0.4, 0.5) is 0 Å². The van der Waals surface area contributed by atoms with Crippen LogP contribution in [0.5, 0.6) is 0 Å². The molecule has 2 aliphatic heterocycles. The Labute approximate surface area is 102 Å². The van der Waals surface area contributed by atoms with Crippen molar-refractivity contribution in [2.45, 2.75) is 44.2 Å². The maximum atomic E-state index is 4.99. The van der Waals surface area contributed by atoms with Crippen LogP contribution in [0, 0.1) is 0 Å². The average molecular weight is 236 g/mol. The molecule has 0 saturated carbocycles. The molecule has 0 bridgehead atoms. The zero-order valence-electron chi connectivity index (χ0n) is 10.1. The van der Waals surface area contributed by atoms with E-state index in [9.17, 15) is 0 Å². The molecule has 5 heteroatoms. The molecule has 0 aromatic carbocycles. The quantitative estimate of drug-likeness (QED) is 0.839. The summed E-state index contributed by atoms with van der Waals surface area (Å²) in [6.45, 7) is 3.51. The van der Waals surface area contributed by atoms with Crippen LogP contribution in [0.2, 0.25) is 0 Å². The van der Waals surface area contributed by atoms with E-state index in [0.29, 0.717) is 6.04 Å². The molecule has 0 radical (unpaired) electrons. The summed E-state index contributed by atoms with van der Waals surface area (Å²) < 4.78 is 4.99. The van der Waals surface area contributed by atoms with Gasteiger partial charge < -0.3 is 9.84 Å². The molecule has 94 valence electrons. The van der Waals surface area contributed by atoms with Crippen LogP contribution in [0.25, 0.3) is 0 Å². The lowest BCUT2D eigenvalue weighted by molar-refractivity contribution is 0.180. The van der Waals surface area contributed by atoms with Gasteiger partial charge >= 0.3 is 0 Å². The van der Waals surface area contributed by atoms with Crippen molar-refractivity contribution in [2.24, 2.45) is 0 Å². The van der Waals surface area contributed by atoms with E-state index in [4.69, 9.17) is 4.52 Å². The first-order valence-corrected chi connectivity index (χ1v) is 6.66. The lowest BCUT2D eigenvalue weighted by Gasteiger charge is -2.32. The van der Waals surface area contributed by atoms with Crippen LogP contribution in [0.1, 0.15) is 31.6 Å². The molecular formula is C12H20N4O. The van der Waals surface area contributed by atoms with Crippen molar-refractivity contribution in [3.05, 3.63) is 12.2 Å². The SMILES string of the molecule is c1noc(CCNC2CCN3CCCCC23)n1. The Bertz CT molecular complexity index is 340. The van der Waals surface area contributed by atoms with Crippen molar-refractivity contribution < 1.29 is 4.52 Å². The lowest BCUT2D eigenvalue weighted by atomic mass is 9.99. The fourth-order valence-electron chi connectivity index (χ4n) is 3.16. The minimum Gasteiger partial charge on any atom is -0.340 e. The summed E-state index contributed by atoms with van der Waals surface area (Å²) in [5, 5.41) is 7.27. The number of hydrogen-bond donors (Lipinski definition) is 1. The van der Waals surface area contributed by atoms with Gasteiger partial charge in [-0.25, -0.2) is 0 Å². The Morgan fingerprint density at radius 2 is 2.35 bits per heavy atom. The molecule has 3 heterocycles. The molecule has 1 N–H and O–H groups in total. The molecule has 0 amide bonds. The minimum absolute atomic E-state index is 0.665. The third-order valence-electron chi connectivity index (χ3n) is 4.01. The van der Waals surface area contributed by atoms with E-state index in [-0.39, 0.29) is 0 Å². The molecule has 1 aromatic rings. The van der Waals surface area contributed by atoms with Gasteiger partial charge in [-0.1, -0.05) is 11.6 Å². The normalized spacial score (nSPS) is 29.4. The molecule has 0 aliphatic carbocycles. The number of rotatable bonds is 4. The summed E-state index contributed by atoms with van der Waals surface area (Å²) in [5.41, 5.74) is 0. The predicted octanol–water partition coefficient (Wildman–Crippen LogP) is 0.828. The molecule has 2 fully saturated rings. The highest BCUT2D eigenvalue weighted by atomic mass is 16.5. The summed E-state index contributed by atoms with van der Waals surface area (Å²) in [5.74, 6) is 0.732. The number of hydrogen-bond acceptors (Lipinski definition) is 5. The fourth-order valence-corrected chi connectivity index (χ4v) is 3.16. The van der Waals surface area contributed by atoms with Crippen LogP contribution in [0.3, 0.4) is 0 Å². The number of fused-ring (bicyclic) bond motifs is 1. The van der Waals surface area contributed by atoms with E-state index in [1.807, 2.05) is 0 Å². The van der Waals surface area contributed by atoms with E-state index in [1.165, 1.54) is 45.1 Å². The van der Waals surface area contributed by atoms with Gasteiger partial charge in [0.15, 0.2) is 6.33 Å². The van der Waals surface area contributed by atoms with Gasteiger partial charge in [0.2, 0.25) is 5.89 Å². The zero-order valence-corrected chi connectivity index (χ0v) is 10.1. The summed E-state index contributed by atoms with van der Waals surface area (Å²) in [6.07, 6.45) is 7.72. The molecule has 1 aromatic heterocycles. The predicted molar refractivity (Wildman–Crippen MR) is 63.6 cm³/mol. The van der Waals surface area contributed by atoms with Gasteiger partial charge in [0.05, 0.1) is 0 Å². The number of aromatic nitrogens is 2. The number of piperidine rings is 1. The topological polar surface area (TPSA) is 54.2 Å². The highest BCUT2D eigenvalue weighted by molar-refractivity contribution is 4.94. The summed E-state index contributed by atoms with van der Waals surface area (Å²) in [6, 6.07) is 1.43. The van der Waals surface area contributed by atoms with E-state index in [0.717, 1.165) is 24.9 Å². The highest BCUT2D eigenvalue weighted by Gasteiger charge is 2.34.